The molecule has 0 saturated carbocycles. The van der Waals surface area contributed by atoms with Crippen molar-refractivity contribution in [3.05, 3.63) is 23.7 Å². The van der Waals surface area contributed by atoms with Gasteiger partial charge in [0.05, 0.1) is 0 Å². The van der Waals surface area contributed by atoms with E-state index < -0.39 is 11.6 Å². The number of piperidine rings is 1. The van der Waals surface area contributed by atoms with Gasteiger partial charge in [-0.2, -0.15) is 0 Å². The van der Waals surface area contributed by atoms with Gasteiger partial charge in [0.25, 0.3) is 0 Å². The molecule has 23 heavy (non-hydrogen) atoms. The maximum atomic E-state index is 11.9. The number of thiophene rings is 1. The maximum Gasteiger partial charge on any atom is 0.409 e. The molecule has 1 aliphatic heterocycles. The SMILES string of the molecule is CC(C)(C)N(C(=O)O)C1CCCCN1c1nccc2sccc12. The summed E-state index contributed by atoms with van der Waals surface area (Å²) in [4.78, 5) is 20.3. The van der Waals surface area contributed by atoms with Crippen LogP contribution in [-0.4, -0.2) is 39.3 Å². The summed E-state index contributed by atoms with van der Waals surface area (Å²) in [5.41, 5.74) is -0.450. The van der Waals surface area contributed by atoms with Gasteiger partial charge in [-0.25, -0.2) is 9.78 Å². The highest BCUT2D eigenvalue weighted by Crippen LogP contribution is 2.35. The minimum absolute atomic E-state index is 0.167. The topological polar surface area (TPSA) is 56.7 Å². The normalized spacial score (nSPS) is 19.1. The van der Waals surface area contributed by atoms with Gasteiger partial charge in [-0.15, -0.1) is 11.3 Å². The second-order valence-corrected chi connectivity index (χ2v) is 7.91. The number of amides is 1. The molecule has 1 N–H and O–H groups in total. The third-order valence-electron chi connectivity index (χ3n) is 4.33. The van der Waals surface area contributed by atoms with Crippen LogP contribution in [-0.2, 0) is 0 Å². The van der Waals surface area contributed by atoms with E-state index in [0.717, 1.165) is 37.0 Å². The van der Waals surface area contributed by atoms with Gasteiger partial charge in [0, 0.05) is 28.4 Å². The Balaban J connectivity index is 2.05. The summed E-state index contributed by atoms with van der Waals surface area (Å²) in [7, 11) is 0. The number of fused-ring (bicyclic) bond motifs is 1. The fraction of sp³-hybridized carbons (Fsp3) is 0.529. The van der Waals surface area contributed by atoms with Crippen molar-refractivity contribution in [2.75, 3.05) is 11.4 Å². The van der Waals surface area contributed by atoms with Crippen molar-refractivity contribution in [2.24, 2.45) is 0 Å². The van der Waals surface area contributed by atoms with Crippen LogP contribution >= 0.6 is 11.3 Å². The lowest BCUT2D eigenvalue weighted by molar-refractivity contribution is 0.0600. The van der Waals surface area contributed by atoms with Crippen molar-refractivity contribution in [1.29, 1.82) is 0 Å². The van der Waals surface area contributed by atoms with E-state index >= 15 is 0 Å². The van der Waals surface area contributed by atoms with Gasteiger partial charge in [0.15, 0.2) is 0 Å². The fourth-order valence-corrected chi connectivity index (χ4v) is 4.18. The molecule has 0 aromatic carbocycles. The number of pyridine rings is 1. The Labute approximate surface area is 140 Å². The minimum Gasteiger partial charge on any atom is -0.465 e. The first-order valence-electron chi connectivity index (χ1n) is 8.01. The zero-order chi connectivity index (χ0) is 16.6. The molecule has 0 bridgehead atoms. The van der Waals surface area contributed by atoms with Crippen molar-refractivity contribution in [1.82, 2.24) is 9.88 Å². The molecule has 1 amide bonds. The molecule has 2 aromatic heterocycles. The van der Waals surface area contributed by atoms with Crippen LogP contribution < -0.4 is 4.90 Å². The van der Waals surface area contributed by atoms with Crippen molar-refractivity contribution in [2.45, 2.75) is 51.7 Å². The molecule has 2 aromatic rings. The predicted molar refractivity (Wildman–Crippen MR) is 94.2 cm³/mol. The van der Waals surface area contributed by atoms with E-state index in [4.69, 9.17) is 0 Å². The van der Waals surface area contributed by atoms with Crippen molar-refractivity contribution in [3.63, 3.8) is 0 Å². The average molecular weight is 333 g/mol. The van der Waals surface area contributed by atoms with Crippen LogP contribution in [0.4, 0.5) is 10.6 Å². The maximum absolute atomic E-state index is 11.9. The third-order valence-corrected chi connectivity index (χ3v) is 5.21. The molecular formula is C17H23N3O2S. The van der Waals surface area contributed by atoms with Gasteiger partial charge in [-0.05, 0) is 57.5 Å². The highest BCUT2D eigenvalue weighted by atomic mass is 32.1. The first kappa shape index (κ1) is 16.1. The number of hydrogen-bond acceptors (Lipinski definition) is 4. The van der Waals surface area contributed by atoms with Crippen LogP contribution in [0.2, 0.25) is 0 Å². The standard InChI is InChI=1S/C17H23N3O2S/c1-17(2,3)20(16(21)22)14-6-4-5-10-19(14)15-12-8-11-23-13(12)7-9-18-15/h7-9,11,14H,4-6,10H2,1-3H3,(H,21,22). The third kappa shape index (κ3) is 3.00. The second-order valence-electron chi connectivity index (χ2n) is 6.96. The summed E-state index contributed by atoms with van der Waals surface area (Å²) < 4.78 is 1.19. The van der Waals surface area contributed by atoms with Gasteiger partial charge >= 0.3 is 6.09 Å². The monoisotopic (exact) mass is 333 g/mol. The Morgan fingerprint density at radius 3 is 2.87 bits per heavy atom. The Kier molecular flexibility index (Phi) is 4.19. The van der Waals surface area contributed by atoms with Gasteiger partial charge in [0.1, 0.15) is 12.0 Å². The number of hydrogen-bond donors (Lipinski definition) is 1. The molecule has 3 heterocycles. The van der Waals surface area contributed by atoms with E-state index in [1.165, 1.54) is 4.70 Å². The van der Waals surface area contributed by atoms with Crippen LogP contribution in [0.15, 0.2) is 23.7 Å². The van der Waals surface area contributed by atoms with Crippen molar-refractivity contribution >= 4 is 33.3 Å². The quantitative estimate of drug-likeness (QED) is 0.885. The highest BCUT2D eigenvalue weighted by Gasteiger charge is 2.38. The van der Waals surface area contributed by atoms with Crippen LogP contribution in [0.3, 0.4) is 0 Å². The first-order valence-corrected chi connectivity index (χ1v) is 8.88. The van der Waals surface area contributed by atoms with Gasteiger partial charge in [0.2, 0.25) is 0 Å². The van der Waals surface area contributed by atoms with Crippen LogP contribution in [0.5, 0.6) is 0 Å². The minimum atomic E-state index is -0.869. The summed E-state index contributed by atoms with van der Waals surface area (Å²) in [6, 6.07) is 4.09. The van der Waals surface area contributed by atoms with E-state index in [9.17, 15) is 9.90 Å². The number of anilines is 1. The molecule has 1 atom stereocenters. The fourth-order valence-electron chi connectivity index (χ4n) is 3.40. The number of rotatable bonds is 2. The molecule has 1 fully saturated rings. The van der Waals surface area contributed by atoms with E-state index in [1.54, 1.807) is 16.2 Å². The molecule has 3 rings (SSSR count). The molecule has 0 spiro atoms. The average Bonchev–Trinajstić information content (AvgIpc) is 2.94. The smallest absolute Gasteiger partial charge is 0.409 e. The van der Waals surface area contributed by atoms with E-state index in [0.29, 0.717) is 0 Å². The van der Waals surface area contributed by atoms with Gasteiger partial charge < -0.3 is 10.0 Å². The van der Waals surface area contributed by atoms with E-state index in [1.807, 2.05) is 33.0 Å². The zero-order valence-corrected chi connectivity index (χ0v) is 14.6. The largest absolute Gasteiger partial charge is 0.465 e. The number of aromatic nitrogens is 1. The predicted octanol–water partition coefficient (Wildman–Crippen LogP) is 4.39. The molecule has 1 aliphatic rings. The summed E-state index contributed by atoms with van der Waals surface area (Å²) in [6.07, 6.45) is 3.73. The molecule has 0 radical (unpaired) electrons. The molecule has 5 nitrogen and oxygen atoms in total. The zero-order valence-electron chi connectivity index (χ0n) is 13.8. The van der Waals surface area contributed by atoms with Crippen LogP contribution in [0.1, 0.15) is 40.0 Å². The number of carboxylic acid groups (broad SMARTS) is 1. The number of nitrogens with zero attached hydrogens (tertiary/aromatic N) is 3. The Hall–Kier alpha value is -1.82. The summed E-state index contributed by atoms with van der Waals surface area (Å²) in [5.74, 6) is 0.906. The molecule has 124 valence electrons. The van der Waals surface area contributed by atoms with Gasteiger partial charge in [-0.3, -0.25) is 4.90 Å². The van der Waals surface area contributed by atoms with Crippen LogP contribution in [0.25, 0.3) is 10.1 Å². The van der Waals surface area contributed by atoms with Crippen LogP contribution in [0, 0.1) is 0 Å². The van der Waals surface area contributed by atoms with E-state index in [-0.39, 0.29) is 6.17 Å². The lowest BCUT2D eigenvalue weighted by Gasteiger charge is -2.47. The van der Waals surface area contributed by atoms with E-state index in [2.05, 4.69) is 21.3 Å². The molecule has 1 unspecified atom stereocenters. The summed E-state index contributed by atoms with van der Waals surface area (Å²) >= 11 is 1.69. The second kappa shape index (κ2) is 6.00. The molecule has 6 heteroatoms. The van der Waals surface area contributed by atoms with Gasteiger partial charge in [-0.1, -0.05) is 0 Å². The Bertz CT molecular complexity index is 707. The molecule has 1 saturated heterocycles. The van der Waals surface area contributed by atoms with Crippen molar-refractivity contribution < 1.29 is 9.90 Å². The Morgan fingerprint density at radius 1 is 1.39 bits per heavy atom. The molecule has 0 aliphatic carbocycles. The lowest BCUT2D eigenvalue weighted by atomic mass is 10.00. The first-order chi connectivity index (χ1) is 10.9. The summed E-state index contributed by atoms with van der Waals surface area (Å²) in [5, 5.41) is 13.0. The molecular weight excluding hydrogens is 310 g/mol. The highest BCUT2D eigenvalue weighted by molar-refractivity contribution is 7.17. The lowest BCUT2D eigenvalue weighted by Crippen LogP contribution is -2.59. The van der Waals surface area contributed by atoms with Crippen molar-refractivity contribution in [3.8, 4) is 0 Å². The number of carbonyl (C=O) groups is 1. The summed E-state index contributed by atoms with van der Waals surface area (Å²) in [6.45, 7) is 6.69. The Morgan fingerprint density at radius 2 is 2.17 bits per heavy atom.